The maximum atomic E-state index is 12.0. The Morgan fingerprint density at radius 2 is 2.35 bits per heavy atom. The lowest BCUT2D eigenvalue weighted by atomic mass is 10.2. The second-order valence-electron chi connectivity index (χ2n) is 4.13. The number of aryl methyl sites for hydroxylation is 1. The molecule has 0 aliphatic rings. The molecule has 1 amide bonds. The van der Waals surface area contributed by atoms with Crippen molar-refractivity contribution in [2.45, 2.75) is 13.5 Å². The van der Waals surface area contributed by atoms with Crippen molar-refractivity contribution >= 4 is 17.2 Å². The average molecular weight is 286 g/mol. The molecule has 4 nitrogen and oxygen atoms in total. The number of amides is 1. The van der Waals surface area contributed by atoms with E-state index in [0.29, 0.717) is 12.1 Å². The molecule has 2 aromatic heterocycles. The lowest BCUT2D eigenvalue weighted by Crippen LogP contribution is -2.22. The van der Waals surface area contributed by atoms with Crippen molar-refractivity contribution < 1.29 is 9.90 Å². The van der Waals surface area contributed by atoms with Gasteiger partial charge in [0.2, 0.25) is 0 Å². The number of nitrogens with one attached hydrogen (secondary N) is 1. The quantitative estimate of drug-likeness (QED) is 0.845. The van der Waals surface area contributed by atoms with Crippen LogP contribution in [0.3, 0.4) is 0 Å². The van der Waals surface area contributed by atoms with Gasteiger partial charge in [0.05, 0.1) is 6.54 Å². The van der Waals surface area contributed by atoms with Crippen LogP contribution in [0.2, 0.25) is 0 Å². The largest absolute Gasteiger partial charge is 0.384 e. The number of carbonyl (C=O) groups is 1. The number of pyridine rings is 1. The summed E-state index contributed by atoms with van der Waals surface area (Å²) in [4.78, 5) is 17.0. The van der Waals surface area contributed by atoms with E-state index in [1.54, 1.807) is 18.3 Å². The first-order valence-corrected chi connectivity index (χ1v) is 6.95. The number of aliphatic hydroxyl groups excluding tert-OH is 1. The smallest absolute Gasteiger partial charge is 0.251 e. The van der Waals surface area contributed by atoms with Crippen LogP contribution in [0.4, 0.5) is 0 Å². The monoisotopic (exact) mass is 286 g/mol. The summed E-state index contributed by atoms with van der Waals surface area (Å²) in [6, 6.07) is 5.35. The van der Waals surface area contributed by atoms with Crippen molar-refractivity contribution in [3.05, 3.63) is 51.5 Å². The summed E-state index contributed by atoms with van der Waals surface area (Å²) < 4.78 is 0. The Hall–Kier alpha value is -2.16. The van der Waals surface area contributed by atoms with Crippen molar-refractivity contribution in [2.75, 3.05) is 6.61 Å². The molecule has 0 aliphatic heterocycles. The molecule has 0 saturated heterocycles. The van der Waals surface area contributed by atoms with E-state index in [2.05, 4.69) is 22.1 Å². The highest BCUT2D eigenvalue weighted by atomic mass is 32.1. The molecular weight excluding hydrogens is 272 g/mol. The lowest BCUT2D eigenvalue weighted by molar-refractivity contribution is 0.0951. The topological polar surface area (TPSA) is 62.2 Å². The summed E-state index contributed by atoms with van der Waals surface area (Å²) in [7, 11) is 0. The van der Waals surface area contributed by atoms with Gasteiger partial charge in [-0.15, -0.1) is 11.3 Å². The highest BCUT2D eigenvalue weighted by Gasteiger charge is 2.06. The second kappa shape index (κ2) is 6.85. The summed E-state index contributed by atoms with van der Waals surface area (Å²) >= 11 is 1.53. The van der Waals surface area contributed by atoms with Gasteiger partial charge in [-0.1, -0.05) is 11.8 Å². The fourth-order valence-electron chi connectivity index (χ4n) is 1.64. The van der Waals surface area contributed by atoms with Gasteiger partial charge < -0.3 is 10.4 Å². The first-order valence-electron chi connectivity index (χ1n) is 6.07. The van der Waals surface area contributed by atoms with Crippen LogP contribution >= 0.6 is 11.3 Å². The minimum absolute atomic E-state index is 0.119. The van der Waals surface area contributed by atoms with Crippen LogP contribution in [-0.4, -0.2) is 22.6 Å². The first kappa shape index (κ1) is 14.3. The lowest BCUT2D eigenvalue weighted by Gasteiger charge is -2.03. The zero-order chi connectivity index (χ0) is 14.4. The molecule has 0 atom stereocenters. The molecule has 102 valence electrons. The normalized spacial score (nSPS) is 9.70. The van der Waals surface area contributed by atoms with E-state index >= 15 is 0 Å². The van der Waals surface area contributed by atoms with E-state index < -0.39 is 0 Å². The Labute approximate surface area is 121 Å². The minimum atomic E-state index is -0.149. The van der Waals surface area contributed by atoms with E-state index in [4.69, 9.17) is 5.11 Å². The predicted molar refractivity (Wildman–Crippen MR) is 78.4 cm³/mol. The van der Waals surface area contributed by atoms with Crippen LogP contribution < -0.4 is 5.32 Å². The third kappa shape index (κ3) is 3.92. The van der Waals surface area contributed by atoms with Gasteiger partial charge in [-0.2, -0.15) is 0 Å². The molecule has 20 heavy (non-hydrogen) atoms. The summed E-state index contributed by atoms with van der Waals surface area (Å²) in [5.74, 6) is 5.31. The molecule has 0 spiro atoms. The molecule has 0 aromatic carbocycles. The standard InChI is InChI=1S/C15H14N2O2S/c1-11-7-13(4-5-16-11)15(19)17-9-14-8-12(10-20-14)3-2-6-18/h4-5,7-8,10,18H,6,9H2,1H3,(H,17,19). The van der Waals surface area contributed by atoms with Gasteiger partial charge in [-0.3, -0.25) is 9.78 Å². The zero-order valence-electron chi connectivity index (χ0n) is 11.0. The summed E-state index contributed by atoms with van der Waals surface area (Å²) in [6.45, 7) is 2.16. The van der Waals surface area contributed by atoms with Crippen LogP contribution in [0.1, 0.15) is 26.5 Å². The number of aliphatic hydroxyl groups is 1. The molecule has 5 heteroatoms. The molecule has 0 unspecified atom stereocenters. The number of hydrogen-bond acceptors (Lipinski definition) is 4. The fourth-order valence-corrected chi connectivity index (χ4v) is 2.39. The minimum Gasteiger partial charge on any atom is -0.384 e. The van der Waals surface area contributed by atoms with Crippen molar-refractivity contribution in [3.63, 3.8) is 0 Å². The van der Waals surface area contributed by atoms with Crippen LogP contribution in [0.15, 0.2) is 29.8 Å². The number of nitrogens with zero attached hydrogens (tertiary/aromatic N) is 1. The summed E-state index contributed by atoms with van der Waals surface area (Å²) in [6.07, 6.45) is 1.62. The van der Waals surface area contributed by atoms with Crippen LogP contribution in [-0.2, 0) is 6.54 Å². The molecule has 0 radical (unpaired) electrons. The SMILES string of the molecule is Cc1cc(C(=O)NCc2cc(C#CCO)cs2)ccn1. The second-order valence-corrected chi connectivity index (χ2v) is 5.13. The van der Waals surface area contributed by atoms with Gasteiger partial charge in [0, 0.05) is 33.3 Å². The van der Waals surface area contributed by atoms with E-state index in [1.165, 1.54) is 11.3 Å². The molecule has 0 aliphatic carbocycles. The van der Waals surface area contributed by atoms with E-state index in [9.17, 15) is 4.79 Å². The molecular formula is C15H14N2O2S. The number of aromatic nitrogens is 1. The van der Waals surface area contributed by atoms with Crippen LogP contribution in [0.25, 0.3) is 0 Å². The van der Waals surface area contributed by atoms with Gasteiger partial charge in [-0.25, -0.2) is 0 Å². The molecule has 2 heterocycles. The molecule has 2 rings (SSSR count). The van der Waals surface area contributed by atoms with Gasteiger partial charge in [0.1, 0.15) is 6.61 Å². The van der Waals surface area contributed by atoms with Gasteiger partial charge >= 0.3 is 0 Å². The van der Waals surface area contributed by atoms with E-state index in [1.807, 2.05) is 18.4 Å². The van der Waals surface area contributed by atoms with Crippen molar-refractivity contribution in [2.24, 2.45) is 0 Å². The number of rotatable bonds is 3. The van der Waals surface area contributed by atoms with Crippen molar-refractivity contribution in [1.29, 1.82) is 0 Å². The van der Waals surface area contributed by atoms with Gasteiger partial charge in [0.25, 0.3) is 5.91 Å². The van der Waals surface area contributed by atoms with Gasteiger partial charge in [0.15, 0.2) is 0 Å². The number of hydrogen-bond donors (Lipinski definition) is 2. The third-order valence-corrected chi connectivity index (χ3v) is 3.48. The fraction of sp³-hybridized carbons (Fsp3) is 0.200. The highest BCUT2D eigenvalue weighted by molar-refractivity contribution is 7.10. The maximum Gasteiger partial charge on any atom is 0.251 e. The zero-order valence-corrected chi connectivity index (χ0v) is 11.8. The van der Waals surface area contributed by atoms with Crippen LogP contribution in [0.5, 0.6) is 0 Å². The Balaban J connectivity index is 1.95. The van der Waals surface area contributed by atoms with Crippen molar-refractivity contribution in [1.82, 2.24) is 10.3 Å². The van der Waals surface area contributed by atoms with Gasteiger partial charge in [-0.05, 0) is 25.1 Å². The molecule has 0 saturated carbocycles. The Bertz CT molecular complexity index is 668. The number of carbonyl (C=O) groups excluding carboxylic acids is 1. The number of thiophene rings is 1. The molecule has 2 N–H and O–H groups in total. The summed E-state index contributed by atoms with van der Waals surface area (Å²) in [5, 5.41) is 13.4. The van der Waals surface area contributed by atoms with E-state index in [-0.39, 0.29) is 12.5 Å². The van der Waals surface area contributed by atoms with E-state index in [0.717, 1.165) is 16.1 Å². The molecule has 0 fully saturated rings. The Morgan fingerprint density at radius 1 is 1.50 bits per heavy atom. The van der Waals surface area contributed by atoms with Crippen LogP contribution in [0, 0.1) is 18.8 Å². The third-order valence-electron chi connectivity index (χ3n) is 2.55. The Kier molecular flexibility index (Phi) is 4.88. The molecule has 0 bridgehead atoms. The van der Waals surface area contributed by atoms with Crippen molar-refractivity contribution in [3.8, 4) is 11.8 Å². The highest BCUT2D eigenvalue weighted by Crippen LogP contribution is 2.13. The maximum absolute atomic E-state index is 12.0. The molecule has 2 aromatic rings. The Morgan fingerprint density at radius 3 is 3.10 bits per heavy atom. The summed E-state index contributed by atoms with van der Waals surface area (Å²) in [5.41, 5.74) is 2.28. The average Bonchev–Trinajstić information content (AvgIpc) is 2.90. The predicted octanol–water partition coefficient (Wildman–Crippen LogP) is 1.73. The first-order chi connectivity index (χ1) is 9.69.